The molecule has 0 aliphatic carbocycles. The van der Waals surface area contributed by atoms with Crippen LogP contribution < -0.4 is 4.90 Å². The van der Waals surface area contributed by atoms with Crippen LogP contribution in [-0.2, 0) is 0 Å². The zero-order valence-corrected chi connectivity index (χ0v) is 19.0. The molecule has 0 spiro atoms. The standard InChI is InChI=1S/C19H24ClN5OS.ClH/c1-12(2)25-13(3)11-15(22-25)18(26)24(10-9-23(4)5)19-21-17-14(20)7-6-8-16(17)27-19;/h6-8,11-12H,9-10H2,1-5H3;1H. The van der Waals surface area contributed by atoms with Crippen LogP contribution in [-0.4, -0.2) is 52.8 Å². The highest BCUT2D eigenvalue weighted by molar-refractivity contribution is 7.22. The highest BCUT2D eigenvalue weighted by Gasteiger charge is 2.25. The summed E-state index contributed by atoms with van der Waals surface area (Å²) in [6, 6.07) is 7.71. The number of aryl methyl sites for hydroxylation is 1. The molecular formula is C19H25Cl2N5OS. The van der Waals surface area contributed by atoms with Crippen LogP contribution >= 0.6 is 35.3 Å². The molecular weight excluding hydrogens is 417 g/mol. The van der Waals surface area contributed by atoms with Gasteiger partial charge in [0, 0.05) is 24.8 Å². The fraction of sp³-hybridized carbons (Fsp3) is 0.421. The van der Waals surface area contributed by atoms with Gasteiger partial charge in [0.2, 0.25) is 0 Å². The zero-order chi connectivity index (χ0) is 19.7. The van der Waals surface area contributed by atoms with E-state index < -0.39 is 0 Å². The van der Waals surface area contributed by atoms with Gasteiger partial charge in [-0.05, 0) is 53.1 Å². The molecule has 0 radical (unpaired) electrons. The average Bonchev–Trinajstić information content (AvgIpc) is 3.19. The van der Waals surface area contributed by atoms with Crippen LogP contribution in [0.1, 0.15) is 36.1 Å². The molecule has 0 aliphatic rings. The number of likely N-dealkylation sites (N-methyl/N-ethyl adjacent to an activating group) is 1. The van der Waals surface area contributed by atoms with Gasteiger partial charge in [0.15, 0.2) is 10.8 Å². The monoisotopic (exact) mass is 441 g/mol. The number of hydrogen-bond donors (Lipinski definition) is 0. The first-order chi connectivity index (χ1) is 12.8. The number of carbonyl (C=O) groups excluding carboxylic acids is 1. The first kappa shape index (κ1) is 22.6. The van der Waals surface area contributed by atoms with Crippen LogP contribution in [0.5, 0.6) is 0 Å². The van der Waals surface area contributed by atoms with Gasteiger partial charge >= 0.3 is 0 Å². The molecule has 2 aromatic heterocycles. The maximum Gasteiger partial charge on any atom is 0.280 e. The zero-order valence-electron chi connectivity index (χ0n) is 16.6. The summed E-state index contributed by atoms with van der Waals surface area (Å²) in [5.74, 6) is -0.144. The fourth-order valence-electron chi connectivity index (χ4n) is 2.86. The van der Waals surface area contributed by atoms with Crippen molar-refractivity contribution in [1.82, 2.24) is 19.7 Å². The summed E-state index contributed by atoms with van der Waals surface area (Å²) in [5.41, 5.74) is 2.13. The molecule has 0 fully saturated rings. The first-order valence-corrected chi connectivity index (χ1v) is 10.0. The molecule has 0 saturated heterocycles. The Morgan fingerprint density at radius 1 is 1.29 bits per heavy atom. The quantitative estimate of drug-likeness (QED) is 0.557. The van der Waals surface area contributed by atoms with E-state index in [0.717, 1.165) is 22.5 Å². The van der Waals surface area contributed by atoms with Crippen molar-refractivity contribution >= 4 is 56.6 Å². The number of nitrogens with zero attached hydrogens (tertiary/aromatic N) is 5. The van der Waals surface area contributed by atoms with Gasteiger partial charge in [-0.2, -0.15) is 5.10 Å². The van der Waals surface area contributed by atoms with E-state index >= 15 is 0 Å². The third-order valence-electron chi connectivity index (χ3n) is 4.24. The van der Waals surface area contributed by atoms with Gasteiger partial charge in [0.25, 0.3) is 5.91 Å². The molecule has 28 heavy (non-hydrogen) atoms. The molecule has 152 valence electrons. The third-order valence-corrected chi connectivity index (χ3v) is 5.58. The molecule has 3 aromatic rings. The predicted octanol–water partition coefficient (Wildman–Crippen LogP) is 4.67. The van der Waals surface area contributed by atoms with Crippen molar-refractivity contribution in [2.75, 3.05) is 32.1 Å². The fourth-order valence-corrected chi connectivity index (χ4v) is 4.15. The van der Waals surface area contributed by atoms with Gasteiger partial charge in [-0.15, -0.1) is 12.4 Å². The van der Waals surface area contributed by atoms with E-state index in [-0.39, 0.29) is 24.4 Å². The van der Waals surface area contributed by atoms with E-state index in [2.05, 4.69) is 10.1 Å². The molecule has 9 heteroatoms. The van der Waals surface area contributed by atoms with Gasteiger partial charge in [0.05, 0.1) is 9.72 Å². The normalized spacial score (nSPS) is 11.3. The number of rotatable bonds is 6. The summed E-state index contributed by atoms with van der Waals surface area (Å²) in [4.78, 5) is 21.7. The van der Waals surface area contributed by atoms with Gasteiger partial charge in [-0.1, -0.05) is 29.0 Å². The number of fused-ring (bicyclic) bond motifs is 1. The number of benzene rings is 1. The Kier molecular flexibility index (Phi) is 7.45. The van der Waals surface area contributed by atoms with Crippen LogP contribution in [0, 0.1) is 6.92 Å². The maximum atomic E-state index is 13.3. The minimum absolute atomic E-state index is 0. The van der Waals surface area contributed by atoms with E-state index in [0.29, 0.717) is 22.4 Å². The van der Waals surface area contributed by atoms with E-state index in [1.807, 2.05) is 68.7 Å². The molecule has 0 N–H and O–H groups in total. The number of hydrogen-bond acceptors (Lipinski definition) is 5. The number of anilines is 1. The third kappa shape index (κ3) is 4.66. The van der Waals surface area contributed by atoms with Crippen LogP contribution in [0.4, 0.5) is 5.13 Å². The van der Waals surface area contributed by atoms with E-state index in [1.165, 1.54) is 11.3 Å². The largest absolute Gasteiger partial charge is 0.308 e. The molecule has 6 nitrogen and oxygen atoms in total. The highest BCUT2D eigenvalue weighted by Crippen LogP contribution is 2.33. The Balaban J connectivity index is 0.00000280. The van der Waals surface area contributed by atoms with Gasteiger partial charge < -0.3 is 4.90 Å². The van der Waals surface area contributed by atoms with Crippen molar-refractivity contribution in [3.8, 4) is 0 Å². The van der Waals surface area contributed by atoms with Gasteiger partial charge in [0.1, 0.15) is 5.52 Å². The molecule has 0 bridgehead atoms. The number of para-hydroxylation sites is 1. The highest BCUT2D eigenvalue weighted by atomic mass is 35.5. The Morgan fingerprint density at radius 3 is 2.57 bits per heavy atom. The number of thiazole rings is 1. The number of halogens is 2. The lowest BCUT2D eigenvalue weighted by molar-refractivity contribution is 0.0979. The van der Waals surface area contributed by atoms with E-state index in [1.54, 1.807) is 4.90 Å². The summed E-state index contributed by atoms with van der Waals surface area (Å²) < 4.78 is 2.83. The van der Waals surface area contributed by atoms with Crippen molar-refractivity contribution in [2.45, 2.75) is 26.8 Å². The summed E-state index contributed by atoms with van der Waals surface area (Å²) in [6.07, 6.45) is 0. The minimum atomic E-state index is -0.144. The lowest BCUT2D eigenvalue weighted by atomic mass is 10.3. The minimum Gasteiger partial charge on any atom is -0.308 e. The number of carbonyl (C=O) groups is 1. The van der Waals surface area contributed by atoms with Crippen LogP contribution in [0.15, 0.2) is 24.3 Å². The van der Waals surface area contributed by atoms with Crippen LogP contribution in [0.2, 0.25) is 5.02 Å². The predicted molar refractivity (Wildman–Crippen MR) is 119 cm³/mol. The second-order valence-electron chi connectivity index (χ2n) is 7.05. The van der Waals surface area contributed by atoms with E-state index in [9.17, 15) is 4.79 Å². The molecule has 0 atom stereocenters. The van der Waals surface area contributed by atoms with E-state index in [4.69, 9.17) is 11.6 Å². The van der Waals surface area contributed by atoms with Gasteiger partial charge in [-0.3, -0.25) is 14.4 Å². The Hall–Kier alpha value is -1.67. The lowest BCUT2D eigenvalue weighted by Crippen LogP contribution is -2.37. The second kappa shape index (κ2) is 9.22. The molecule has 3 rings (SSSR count). The molecule has 2 heterocycles. The first-order valence-electron chi connectivity index (χ1n) is 8.85. The average molecular weight is 442 g/mol. The summed E-state index contributed by atoms with van der Waals surface area (Å²) in [6.45, 7) is 7.31. The number of amides is 1. The Morgan fingerprint density at radius 2 is 2.00 bits per heavy atom. The summed E-state index contributed by atoms with van der Waals surface area (Å²) >= 11 is 7.74. The van der Waals surface area contributed by atoms with Crippen molar-refractivity contribution in [3.63, 3.8) is 0 Å². The smallest absolute Gasteiger partial charge is 0.280 e. The second-order valence-corrected chi connectivity index (χ2v) is 8.47. The summed E-state index contributed by atoms with van der Waals surface area (Å²) in [7, 11) is 3.96. The van der Waals surface area contributed by atoms with Gasteiger partial charge in [-0.25, -0.2) is 4.98 Å². The molecule has 0 unspecified atom stereocenters. The maximum absolute atomic E-state index is 13.3. The van der Waals surface area contributed by atoms with Crippen molar-refractivity contribution in [1.29, 1.82) is 0 Å². The molecule has 0 aliphatic heterocycles. The molecule has 1 amide bonds. The lowest BCUT2D eigenvalue weighted by Gasteiger charge is -2.21. The van der Waals surface area contributed by atoms with Crippen LogP contribution in [0.3, 0.4) is 0 Å². The topological polar surface area (TPSA) is 54.3 Å². The summed E-state index contributed by atoms with van der Waals surface area (Å²) in [5, 5.41) is 5.75. The Labute approximate surface area is 180 Å². The van der Waals surface area contributed by atoms with Crippen molar-refractivity contribution in [3.05, 3.63) is 40.7 Å². The molecule has 0 saturated carbocycles. The van der Waals surface area contributed by atoms with Crippen LogP contribution in [0.25, 0.3) is 10.2 Å². The molecule has 1 aromatic carbocycles. The Bertz CT molecular complexity index is 967. The SMILES string of the molecule is Cc1cc(C(=O)N(CCN(C)C)c2nc3c(Cl)cccc3s2)nn1C(C)C.Cl. The van der Waals surface area contributed by atoms with Crippen molar-refractivity contribution in [2.24, 2.45) is 0 Å². The van der Waals surface area contributed by atoms with Crippen molar-refractivity contribution < 1.29 is 4.79 Å². The number of aromatic nitrogens is 3.